The van der Waals surface area contributed by atoms with Gasteiger partial charge in [0, 0.05) is 12.3 Å². The van der Waals surface area contributed by atoms with E-state index in [0.717, 1.165) is 52.0 Å². The van der Waals surface area contributed by atoms with Crippen molar-refractivity contribution >= 4 is 5.78 Å². The Morgan fingerprint density at radius 2 is 1.75 bits per heavy atom. The monoisotopic (exact) mass is 305 g/mol. The standard InChI is InChI=1S/C15H27NO3.ClH/c1-16(10-8-15-18-11-12-19-15)9-7-14(17)13-5-3-2-4-6-13;/h13,15H,2-12H2,1H3;1H. The summed E-state index contributed by atoms with van der Waals surface area (Å²) in [5.74, 6) is 0.857. The maximum Gasteiger partial charge on any atom is 0.163 e. The molecule has 0 aromatic rings. The molecule has 0 bridgehead atoms. The minimum Gasteiger partial charge on any atom is -1.00 e. The second kappa shape index (κ2) is 9.72. The van der Waals surface area contributed by atoms with Crippen LogP contribution < -0.4 is 17.3 Å². The molecule has 0 radical (unpaired) electrons. The van der Waals surface area contributed by atoms with E-state index in [1.54, 1.807) is 0 Å². The predicted octanol–water partition coefficient (Wildman–Crippen LogP) is -2.19. The van der Waals surface area contributed by atoms with Crippen LogP contribution in [0.5, 0.6) is 0 Å². The third-order valence-corrected chi connectivity index (χ3v) is 4.36. The molecule has 1 heterocycles. The van der Waals surface area contributed by atoms with Crippen LogP contribution in [0.25, 0.3) is 0 Å². The minimum atomic E-state index is -0.0102. The molecule has 1 N–H and O–H groups in total. The zero-order valence-electron chi connectivity index (χ0n) is 12.5. The Bertz CT molecular complexity index is 276. The lowest BCUT2D eigenvalue weighted by Crippen LogP contribution is -3.09. The van der Waals surface area contributed by atoms with Gasteiger partial charge in [0.25, 0.3) is 0 Å². The van der Waals surface area contributed by atoms with Gasteiger partial charge in [0.05, 0.1) is 39.8 Å². The number of hydrogen-bond donors (Lipinski definition) is 1. The van der Waals surface area contributed by atoms with Crippen molar-refractivity contribution in [1.82, 2.24) is 0 Å². The van der Waals surface area contributed by atoms with Crippen LogP contribution in [0.15, 0.2) is 0 Å². The molecule has 0 amide bonds. The second-order valence-corrected chi connectivity index (χ2v) is 5.97. The van der Waals surface area contributed by atoms with Gasteiger partial charge in [0.1, 0.15) is 5.78 Å². The van der Waals surface area contributed by atoms with Gasteiger partial charge in [-0.2, -0.15) is 0 Å². The Morgan fingerprint density at radius 1 is 1.10 bits per heavy atom. The molecular weight excluding hydrogens is 278 g/mol. The van der Waals surface area contributed by atoms with E-state index < -0.39 is 0 Å². The molecule has 2 fully saturated rings. The Balaban J connectivity index is 0.00000200. The fourth-order valence-corrected chi connectivity index (χ4v) is 3.03. The van der Waals surface area contributed by atoms with Gasteiger partial charge in [0.15, 0.2) is 6.29 Å². The Labute approximate surface area is 128 Å². The molecule has 2 rings (SSSR count). The lowest BCUT2D eigenvalue weighted by molar-refractivity contribution is -0.879. The highest BCUT2D eigenvalue weighted by Gasteiger charge is 2.22. The summed E-state index contributed by atoms with van der Waals surface area (Å²) in [4.78, 5) is 13.5. The number of halogens is 1. The number of rotatable bonds is 7. The molecule has 1 unspecified atom stereocenters. The normalized spacial score (nSPS) is 22.4. The van der Waals surface area contributed by atoms with E-state index in [-0.39, 0.29) is 18.7 Å². The van der Waals surface area contributed by atoms with Crippen LogP contribution in [-0.2, 0) is 14.3 Å². The quantitative estimate of drug-likeness (QED) is 0.581. The number of ketones is 1. The van der Waals surface area contributed by atoms with Crippen LogP contribution in [0.3, 0.4) is 0 Å². The molecule has 1 aliphatic carbocycles. The Hall–Kier alpha value is -0.160. The van der Waals surface area contributed by atoms with E-state index in [0.29, 0.717) is 11.7 Å². The molecule has 1 atom stereocenters. The van der Waals surface area contributed by atoms with Gasteiger partial charge in [-0.25, -0.2) is 0 Å². The summed E-state index contributed by atoms with van der Waals surface area (Å²) in [6, 6.07) is 0. The van der Waals surface area contributed by atoms with Gasteiger partial charge in [0.2, 0.25) is 0 Å². The average Bonchev–Trinajstić information content (AvgIpc) is 2.96. The van der Waals surface area contributed by atoms with Crippen molar-refractivity contribution in [2.75, 3.05) is 33.4 Å². The van der Waals surface area contributed by atoms with Crippen LogP contribution in [0.1, 0.15) is 44.9 Å². The highest BCUT2D eigenvalue weighted by Crippen LogP contribution is 2.24. The van der Waals surface area contributed by atoms with Crippen LogP contribution in [0.2, 0.25) is 0 Å². The van der Waals surface area contributed by atoms with Crippen molar-refractivity contribution in [3.8, 4) is 0 Å². The molecule has 0 spiro atoms. The van der Waals surface area contributed by atoms with Crippen molar-refractivity contribution in [3.05, 3.63) is 0 Å². The van der Waals surface area contributed by atoms with E-state index in [4.69, 9.17) is 9.47 Å². The van der Waals surface area contributed by atoms with Gasteiger partial charge in [-0.1, -0.05) is 19.3 Å². The molecule has 0 aromatic heterocycles. The maximum atomic E-state index is 12.1. The number of carbonyl (C=O) groups is 1. The summed E-state index contributed by atoms with van der Waals surface area (Å²) in [6.07, 6.45) is 7.72. The van der Waals surface area contributed by atoms with Crippen LogP contribution >= 0.6 is 0 Å². The van der Waals surface area contributed by atoms with Gasteiger partial charge >= 0.3 is 0 Å². The van der Waals surface area contributed by atoms with Gasteiger partial charge in [-0.05, 0) is 12.8 Å². The van der Waals surface area contributed by atoms with E-state index in [9.17, 15) is 4.79 Å². The molecule has 0 aromatic carbocycles. The third-order valence-electron chi connectivity index (χ3n) is 4.36. The Kier molecular flexibility index (Phi) is 8.69. The van der Waals surface area contributed by atoms with E-state index in [1.807, 2.05) is 0 Å². The predicted molar refractivity (Wildman–Crippen MR) is 73.1 cm³/mol. The number of hydrogen-bond acceptors (Lipinski definition) is 3. The zero-order valence-corrected chi connectivity index (χ0v) is 13.3. The van der Waals surface area contributed by atoms with Crippen molar-refractivity contribution in [2.24, 2.45) is 5.92 Å². The fourth-order valence-electron chi connectivity index (χ4n) is 3.03. The maximum absolute atomic E-state index is 12.1. The number of nitrogens with one attached hydrogen (secondary N) is 1. The highest BCUT2D eigenvalue weighted by molar-refractivity contribution is 5.81. The lowest BCUT2D eigenvalue weighted by atomic mass is 9.85. The van der Waals surface area contributed by atoms with Gasteiger partial charge < -0.3 is 26.8 Å². The molecule has 1 saturated heterocycles. The third kappa shape index (κ3) is 6.08. The summed E-state index contributed by atoms with van der Waals surface area (Å²) >= 11 is 0. The molecule has 1 saturated carbocycles. The number of ether oxygens (including phenoxy) is 2. The van der Waals surface area contributed by atoms with Gasteiger partial charge in [-0.3, -0.25) is 4.79 Å². The molecule has 4 nitrogen and oxygen atoms in total. The zero-order chi connectivity index (χ0) is 13.5. The van der Waals surface area contributed by atoms with Crippen molar-refractivity contribution in [3.63, 3.8) is 0 Å². The first-order valence-electron chi connectivity index (χ1n) is 7.83. The minimum absolute atomic E-state index is 0. The largest absolute Gasteiger partial charge is 1.00 e. The summed E-state index contributed by atoms with van der Waals surface area (Å²) in [5, 5.41) is 0. The van der Waals surface area contributed by atoms with Gasteiger partial charge in [-0.15, -0.1) is 0 Å². The van der Waals surface area contributed by atoms with Crippen molar-refractivity contribution in [2.45, 2.75) is 51.2 Å². The SMILES string of the molecule is C[NH+](CCC(=O)C1CCCCC1)CCC1OCCO1.[Cl-]. The fraction of sp³-hybridized carbons (Fsp3) is 0.933. The number of Topliss-reactive ketones (excluding diaryl/α,β-unsaturated/α-hetero) is 1. The van der Waals surface area contributed by atoms with Crippen molar-refractivity contribution < 1.29 is 31.6 Å². The Morgan fingerprint density at radius 3 is 2.40 bits per heavy atom. The summed E-state index contributed by atoms with van der Waals surface area (Å²) in [7, 11) is 2.16. The summed E-state index contributed by atoms with van der Waals surface area (Å²) < 4.78 is 10.8. The molecular formula is C15H28ClNO3. The lowest BCUT2D eigenvalue weighted by Gasteiger charge is -2.21. The first kappa shape index (κ1) is 17.9. The second-order valence-electron chi connectivity index (χ2n) is 5.97. The highest BCUT2D eigenvalue weighted by atomic mass is 35.5. The van der Waals surface area contributed by atoms with Crippen molar-refractivity contribution in [1.29, 1.82) is 0 Å². The summed E-state index contributed by atoms with van der Waals surface area (Å²) in [5.41, 5.74) is 0. The first-order valence-corrected chi connectivity index (χ1v) is 7.83. The molecule has 20 heavy (non-hydrogen) atoms. The van der Waals surface area contributed by atoms with E-state index in [2.05, 4.69) is 7.05 Å². The molecule has 1 aliphatic heterocycles. The average molecular weight is 306 g/mol. The van der Waals surface area contributed by atoms with Crippen LogP contribution in [-0.4, -0.2) is 45.4 Å². The molecule has 118 valence electrons. The van der Waals surface area contributed by atoms with E-state index in [1.165, 1.54) is 24.2 Å². The molecule has 5 heteroatoms. The summed E-state index contributed by atoms with van der Waals surface area (Å²) in [6.45, 7) is 3.42. The number of carbonyl (C=O) groups excluding carboxylic acids is 1. The van der Waals surface area contributed by atoms with Crippen LogP contribution in [0.4, 0.5) is 0 Å². The van der Waals surface area contributed by atoms with E-state index >= 15 is 0 Å². The smallest absolute Gasteiger partial charge is 0.163 e. The first-order chi connectivity index (χ1) is 9.25. The number of quaternary nitrogens is 1. The van der Waals surface area contributed by atoms with Crippen LogP contribution in [0, 0.1) is 5.92 Å². The topological polar surface area (TPSA) is 40.0 Å². The molecule has 2 aliphatic rings.